The van der Waals surface area contributed by atoms with Crippen molar-refractivity contribution in [1.82, 2.24) is 0 Å². The van der Waals surface area contributed by atoms with Crippen molar-refractivity contribution in [1.29, 1.82) is 0 Å². The van der Waals surface area contributed by atoms with E-state index in [0.717, 1.165) is 45.8 Å². The smallest absolute Gasteiger partial charge is 0.0500 e. The highest BCUT2D eigenvalue weighted by atomic mass is 16.5. The first kappa shape index (κ1) is 9.44. The van der Waals surface area contributed by atoms with Crippen molar-refractivity contribution in [2.24, 2.45) is 17.1 Å². The summed E-state index contributed by atoms with van der Waals surface area (Å²) in [6.07, 6.45) is 3.44. The first-order chi connectivity index (χ1) is 6.37. The van der Waals surface area contributed by atoms with Crippen LogP contribution in [0.2, 0.25) is 0 Å². The third kappa shape index (κ3) is 1.73. The summed E-state index contributed by atoms with van der Waals surface area (Å²) in [6.45, 7) is 4.40. The second-order valence-corrected chi connectivity index (χ2v) is 4.24. The van der Waals surface area contributed by atoms with E-state index in [0.29, 0.717) is 11.3 Å². The number of hydrogen-bond donors (Lipinski definition) is 1. The Morgan fingerprint density at radius 1 is 1.15 bits per heavy atom. The van der Waals surface area contributed by atoms with Gasteiger partial charge in [-0.05, 0) is 37.1 Å². The van der Waals surface area contributed by atoms with Crippen molar-refractivity contribution in [3.05, 3.63) is 0 Å². The van der Waals surface area contributed by atoms with Gasteiger partial charge < -0.3 is 15.2 Å². The van der Waals surface area contributed by atoms with Gasteiger partial charge in [-0.2, -0.15) is 0 Å². The van der Waals surface area contributed by atoms with Gasteiger partial charge in [0.15, 0.2) is 0 Å². The van der Waals surface area contributed by atoms with Crippen molar-refractivity contribution in [2.45, 2.75) is 19.3 Å². The molecule has 0 radical (unpaired) electrons. The Hall–Kier alpha value is -0.120. The van der Waals surface area contributed by atoms with Crippen LogP contribution in [0.5, 0.6) is 0 Å². The standard InChI is InChI=1S/C10H19NO2/c11-8-10(2-5-12-6-3-10)9-1-4-13-7-9/h9H,1-8,11H2. The third-order valence-electron chi connectivity index (χ3n) is 3.69. The molecule has 2 rings (SSSR count). The Bertz CT molecular complexity index is 160. The maximum Gasteiger partial charge on any atom is 0.0500 e. The van der Waals surface area contributed by atoms with E-state index < -0.39 is 0 Å². The molecule has 2 saturated heterocycles. The highest BCUT2D eigenvalue weighted by molar-refractivity contribution is 4.90. The minimum absolute atomic E-state index is 0.328. The summed E-state index contributed by atoms with van der Waals surface area (Å²) in [4.78, 5) is 0. The molecular formula is C10H19NO2. The van der Waals surface area contributed by atoms with Crippen LogP contribution < -0.4 is 5.73 Å². The number of hydrogen-bond acceptors (Lipinski definition) is 3. The fourth-order valence-electron chi connectivity index (χ4n) is 2.57. The zero-order valence-electron chi connectivity index (χ0n) is 8.13. The fourth-order valence-corrected chi connectivity index (χ4v) is 2.57. The summed E-state index contributed by atoms with van der Waals surface area (Å²) in [5, 5.41) is 0. The average molecular weight is 185 g/mol. The summed E-state index contributed by atoms with van der Waals surface area (Å²) in [5.74, 6) is 0.682. The van der Waals surface area contributed by atoms with Gasteiger partial charge in [-0.3, -0.25) is 0 Å². The monoisotopic (exact) mass is 185 g/mol. The zero-order valence-corrected chi connectivity index (χ0v) is 8.13. The number of nitrogens with two attached hydrogens (primary N) is 1. The van der Waals surface area contributed by atoms with Crippen molar-refractivity contribution >= 4 is 0 Å². The molecule has 0 aromatic heterocycles. The van der Waals surface area contributed by atoms with Crippen LogP contribution in [0.25, 0.3) is 0 Å². The van der Waals surface area contributed by atoms with Crippen molar-refractivity contribution in [2.75, 3.05) is 33.0 Å². The molecule has 2 fully saturated rings. The summed E-state index contributed by atoms with van der Waals surface area (Å²) in [7, 11) is 0. The topological polar surface area (TPSA) is 44.5 Å². The predicted octanol–water partition coefficient (Wildman–Crippen LogP) is 0.778. The lowest BCUT2D eigenvalue weighted by Crippen LogP contribution is -2.43. The van der Waals surface area contributed by atoms with Gasteiger partial charge in [0.05, 0.1) is 6.61 Å². The van der Waals surface area contributed by atoms with Crippen molar-refractivity contribution < 1.29 is 9.47 Å². The molecular weight excluding hydrogens is 166 g/mol. The van der Waals surface area contributed by atoms with E-state index in [1.165, 1.54) is 6.42 Å². The minimum Gasteiger partial charge on any atom is -0.381 e. The van der Waals surface area contributed by atoms with Crippen molar-refractivity contribution in [3.8, 4) is 0 Å². The highest BCUT2D eigenvalue weighted by Gasteiger charge is 2.40. The van der Waals surface area contributed by atoms with Gasteiger partial charge in [-0.15, -0.1) is 0 Å². The second kappa shape index (κ2) is 3.95. The highest BCUT2D eigenvalue weighted by Crippen LogP contribution is 2.41. The van der Waals surface area contributed by atoms with Gasteiger partial charge in [0.1, 0.15) is 0 Å². The lowest BCUT2D eigenvalue weighted by molar-refractivity contribution is -0.0157. The van der Waals surface area contributed by atoms with Gasteiger partial charge in [0.2, 0.25) is 0 Å². The molecule has 2 aliphatic rings. The summed E-state index contributed by atoms with van der Waals surface area (Å²) in [6, 6.07) is 0. The van der Waals surface area contributed by atoms with E-state index >= 15 is 0 Å². The van der Waals surface area contributed by atoms with Crippen LogP contribution in [0, 0.1) is 11.3 Å². The van der Waals surface area contributed by atoms with Gasteiger partial charge in [0.25, 0.3) is 0 Å². The Kier molecular flexibility index (Phi) is 2.86. The lowest BCUT2D eigenvalue weighted by atomic mass is 9.69. The predicted molar refractivity (Wildman–Crippen MR) is 50.5 cm³/mol. The van der Waals surface area contributed by atoms with Gasteiger partial charge in [-0.1, -0.05) is 0 Å². The molecule has 0 aromatic carbocycles. The largest absolute Gasteiger partial charge is 0.381 e. The normalized spacial score (nSPS) is 33.5. The van der Waals surface area contributed by atoms with E-state index in [1.807, 2.05) is 0 Å². The quantitative estimate of drug-likeness (QED) is 0.691. The molecule has 0 spiro atoms. The van der Waals surface area contributed by atoms with E-state index in [1.54, 1.807) is 0 Å². The number of rotatable bonds is 2. The molecule has 1 atom stereocenters. The maximum absolute atomic E-state index is 5.91. The van der Waals surface area contributed by atoms with E-state index in [-0.39, 0.29) is 0 Å². The van der Waals surface area contributed by atoms with Gasteiger partial charge in [-0.25, -0.2) is 0 Å². The van der Waals surface area contributed by atoms with Crippen LogP contribution in [0.4, 0.5) is 0 Å². The lowest BCUT2D eigenvalue weighted by Gasteiger charge is -2.40. The van der Waals surface area contributed by atoms with Crippen LogP contribution in [-0.4, -0.2) is 33.0 Å². The molecule has 0 saturated carbocycles. The SMILES string of the molecule is NCC1(C2CCOC2)CCOCC1. The Morgan fingerprint density at radius 3 is 2.46 bits per heavy atom. The van der Waals surface area contributed by atoms with Crippen molar-refractivity contribution in [3.63, 3.8) is 0 Å². The molecule has 0 amide bonds. The Balaban J connectivity index is 2.03. The molecule has 3 nitrogen and oxygen atoms in total. The maximum atomic E-state index is 5.91. The van der Waals surface area contributed by atoms with Gasteiger partial charge in [0, 0.05) is 19.8 Å². The average Bonchev–Trinajstić information content (AvgIpc) is 2.72. The molecule has 2 heterocycles. The minimum atomic E-state index is 0.328. The van der Waals surface area contributed by atoms with Crippen LogP contribution in [0.3, 0.4) is 0 Å². The Morgan fingerprint density at radius 2 is 1.92 bits per heavy atom. The Labute approximate surface area is 79.6 Å². The van der Waals surface area contributed by atoms with Crippen LogP contribution in [0.15, 0.2) is 0 Å². The molecule has 0 aliphatic carbocycles. The molecule has 76 valence electrons. The van der Waals surface area contributed by atoms with Crippen LogP contribution in [0.1, 0.15) is 19.3 Å². The summed E-state index contributed by atoms with van der Waals surface area (Å²) in [5.41, 5.74) is 6.24. The third-order valence-corrected chi connectivity index (χ3v) is 3.69. The first-order valence-corrected chi connectivity index (χ1v) is 5.23. The van der Waals surface area contributed by atoms with Crippen LogP contribution >= 0.6 is 0 Å². The molecule has 13 heavy (non-hydrogen) atoms. The first-order valence-electron chi connectivity index (χ1n) is 5.23. The molecule has 1 unspecified atom stereocenters. The van der Waals surface area contributed by atoms with E-state index in [2.05, 4.69) is 0 Å². The molecule has 0 bridgehead atoms. The van der Waals surface area contributed by atoms with Crippen LogP contribution in [-0.2, 0) is 9.47 Å². The second-order valence-electron chi connectivity index (χ2n) is 4.24. The molecule has 2 N–H and O–H groups in total. The zero-order chi connectivity index (χ0) is 9.15. The summed E-state index contributed by atoms with van der Waals surface area (Å²) < 4.78 is 10.8. The molecule has 2 aliphatic heterocycles. The number of ether oxygens (including phenoxy) is 2. The van der Waals surface area contributed by atoms with E-state index in [9.17, 15) is 0 Å². The molecule has 0 aromatic rings. The molecule has 3 heteroatoms. The fraction of sp³-hybridized carbons (Fsp3) is 1.00. The van der Waals surface area contributed by atoms with Gasteiger partial charge >= 0.3 is 0 Å². The summed E-state index contributed by atoms with van der Waals surface area (Å²) >= 11 is 0. The van der Waals surface area contributed by atoms with E-state index in [4.69, 9.17) is 15.2 Å².